The Kier molecular flexibility index (Phi) is 6.62. The number of hydrogen-bond donors (Lipinski definition) is 1. The summed E-state index contributed by atoms with van der Waals surface area (Å²) >= 11 is 0. The summed E-state index contributed by atoms with van der Waals surface area (Å²) < 4.78 is 32.6. The average molecular weight is 362 g/mol. The normalized spacial score (nSPS) is 15.7. The molecule has 1 N–H and O–H groups in total. The molecule has 25 heavy (non-hydrogen) atoms. The Hall–Kier alpha value is -2.30. The van der Waals surface area contributed by atoms with Crippen molar-refractivity contribution in [3.8, 4) is 18.1 Å². The lowest BCUT2D eigenvalue weighted by Gasteiger charge is -2.26. The molecular weight excluding hydrogens is 340 g/mol. The fourth-order valence-corrected chi connectivity index (χ4v) is 4.32. The number of hydrogen-bond acceptors (Lipinski definition) is 4. The van der Waals surface area contributed by atoms with Crippen LogP contribution in [0.1, 0.15) is 24.8 Å². The lowest BCUT2D eigenvalue weighted by molar-refractivity contribution is -0.116. The highest BCUT2D eigenvalue weighted by atomic mass is 32.2. The molecule has 134 valence electrons. The lowest BCUT2D eigenvalue weighted by atomic mass is 10.2. The van der Waals surface area contributed by atoms with E-state index in [4.69, 9.17) is 11.2 Å². The molecule has 0 aromatic heterocycles. The van der Waals surface area contributed by atoms with Gasteiger partial charge in [-0.3, -0.25) is 4.79 Å². The fraction of sp³-hybridized carbons (Fsp3) is 0.389. The van der Waals surface area contributed by atoms with Crippen LogP contribution in [0.3, 0.4) is 0 Å². The highest BCUT2D eigenvalue weighted by Crippen LogP contribution is 2.29. The highest BCUT2D eigenvalue weighted by molar-refractivity contribution is 7.89. The predicted octanol–water partition coefficient (Wildman–Crippen LogP) is 1.63. The number of carbonyl (C=O) groups is 1. The first-order valence-corrected chi connectivity index (χ1v) is 9.50. The van der Waals surface area contributed by atoms with Gasteiger partial charge in [0.15, 0.2) is 0 Å². The average Bonchev–Trinajstić information content (AvgIpc) is 2.65. The van der Waals surface area contributed by atoms with Gasteiger partial charge in [-0.2, -0.15) is 4.31 Å². The van der Waals surface area contributed by atoms with Crippen LogP contribution in [0, 0.1) is 12.3 Å². The molecule has 2 rings (SSSR count). The van der Waals surface area contributed by atoms with Gasteiger partial charge in [0.05, 0.1) is 13.7 Å². The van der Waals surface area contributed by atoms with E-state index in [-0.39, 0.29) is 17.3 Å². The van der Waals surface area contributed by atoms with Gasteiger partial charge in [0.1, 0.15) is 10.6 Å². The number of terminal acetylenes is 1. The summed E-state index contributed by atoms with van der Waals surface area (Å²) in [5.41, 5.74) is 0.590. The molecule has 1 aromatic carbocycles. The van der Waals surface area contributed by atoms with Crippen molar-refractivity contribution < 1.29 is 17.9 Å². The maximum atomic E-state index is 12.9. The number of ether oxygens (including phenoxy) is 1. The topological polar surface area (TPSA) is 75.7 Å². The van der Waals surface area contributed by atoms with Gasteiger partial charge in [0, 0.05) is 19.2 Å². The maximum Gasteiger partial charge on any atom is 0.246 e. The van der Waals surface area contributed by atoms with Crippen LogP contribution in [0.5, 0.6) is 5.75 Å². The van der Waals surface area contributed by atoms with Gasteiger partial charge in [0.2, 0.25) is 15.9 Å². The van der Waals surface area contributed by atoms with Gasteiger partial charge < -0.3 is 10.1 Å². The Bertz CT molecular complexity index is 788. The number of sulfonamides is 1. The third-order valence-corrected chi connectivity index (χ3v) is 5.83. The maximum absolute atomic E-state index is 12.9. The van der Waals surface area contributed by atoms with Crippen molar-refractivity contribution in [3.05, 3.63) is 29.8 Å². The SMILES string of the molecule is C#CCNC(=O)C=Cc1ccc(OC)c(S(=O)(=O)N2CCCCC2)c1. The number of benzene rings is 1. The molecule has 1 heterocycles. The van der Waals surface area contributed by atoms with Crippen molar-refractivity contribution in [2.75, 3.05) is 26.7 Å². The minimum atomic E-state index is -3.63. The van der Waals surface area contributed by atoms with Crippen LogP contribution in [0.2, 0.25) is 0 Å². The molecule has 0 spiro atoms. The van der Waals surface area contributed by atoms with Gasteiger partial charge in [0.25, 0.3) is 0 Å². The molecule has 0 unspecified atom stereocenters. The number of nitrogens with zero attached hydrogens (tertiary/aromatic N) is 1. The Balaban J connectivity index is 2.29. The third-order valence-electron chi connectivity index (χ3n) is 3.91. The number of carbonyl (C=O) groups excluding carboxylic acids is 1. The van der Waals surface area contributed by atoms with Crippen LogP contribution in [-0.2, 0) is 14.8 Å². The zero-order chi connectivity index (χ0) is 18.3. The molecular formula is C18H22N2O4S. The van der Waals surface area contributed by atoms with Crippen molar-refractivity contribution in [3.63, 3.8) is 0 Å². The van der Waals surface area contributed by atoms with Gasteiger partial charge in [-0.15, -0.1) is 6.42 Å². The van der Waals surface area contributed by atoms with E-state index < -0.39 is 10.0 Å². The lowest BCUT2D eigenvalue weighted by Crippen LogP contribution is -2.35. The molecule has 1 fully saturated rings. The van der Waals surface area contributed by atoms with Gasteiger partial charge in [-0.05, 0) is 36.6 Å². The Labute approximate surface area is 148 Å². The summed E-state index contributed by atoms with van der Waals surface area (Å²) in [5.74, 6) is 2.26. The third kappa shape index (κ3) is 4.84. The molecule has 1 aliphatic heterocycles. The van der Waals surface area contributed by atoms with E-state index >= 15 is 0 Å². The van der Waals surface area contributed by atoms with E-state index in [1.165, 1.54) is 23.6 Å². The van der Waals surface area contributed by atoms with Crippen LogP contribution in [0.15, 0.2) is 29.2 Å². The number of nitrogens with one attached hydrogen (secondary N) is 1. The number of rotatable bonds is 6. The van der Waals surface area contributed by atoms with Crippen molar-refractivity contribution in [1.29, 1.82) is 0 Å². The number of piperidine rings is 1. The fourth-order valence-electron chi connectivity index (χ4n) is 2.61. The molecule has 6 nitrogen and oxygen atoms in total. The van der Waals surface area contributed by atoms with E-state index in [1.54, 1.807) is 18.2 Å². The summed E-state index contributed by atoms with van der Waals surface area (Å²) in [6, 6.07) is 4.81. The van der Waals surface area contributed by atoms with Gasteiger partial charge in [-0.25, -0.2) is 8.42 Å². The molecule has 7 heteroatoms. The second-order valence-electron chi connectivity index (χ2n) is 5.63. The van der Waals surface area contributed by atoms with Crippen LogP contribution in [-0.4, -0.2) is 45.4 Å². The van der Waals surface area contributed by atoms with Gasteiger partial charge in [-0.1, -0.05) is 18.4 Å². The first-order chi connectivity index (χ1) is 12.0. The van der Waals surface area contributed by atoms with Crippen LogP contribution < -0.4 is 10.1 Å². The summed E-state index contributed by atoms with van der Waals surface area (Å²) in [7, 11) is -2.19. The molecule has 1 amide bonds. The minimum absolute atomic E-state index is 0.114. The number of methoxy groups -OCH3 is 1. The van der Waals surface area contributed by atoms with Crippen LogP contribution >= 0.6 is 0 Å². The van der Waals surface area contributed by atoms with E-state index in [0.29, 0.717) is 24.4 Å². The Morgan fingerprint density at radius 1 is 1.36 bits per heavy atom. The monoisotopic (exact) mass is 362 g/mol. The van der Waals surface area contributed by atoms with E-state index in [9.17, 15) is 13.2 Å². The molecule has 0 bridgehead atoms. The molecule has 1 aliphatic rings. The number of amides is 1. The van der Waals surface area contributed by atoms with Crippen LogP contribution in [0.25, 0.3) is 6.08 Å². The summed E-state index contributed by atoms with van der Waals surface area (Å²) in [6.45, 7) is 1.17. The first-order valence-electron chi connectivity index (χ1n) is 8.06. The van der Waals surface area contributed by atoms with Crippen molar-refractivity contribution >= 4 is 22.0 Å². The van der Waals surface area contributed by atoms with E-state index in [0.717, 1.165) is 19.3 Å². The van der Waals surface area contributed by atoms with Crippen molar-refractivity contribution in [2.45, 2.75) is 24.2 Å². The van der Waals surface area contributed by atoms with E-state index in [2.05, 4.69) is 11.2 Å². The Morgan fingerprint density at radius 3 is 2.72 bits per heavy atom. The Morgan fingerprint density at radius 2 is 2.08 bits per heavy atom. The second-order valence-corrected chi connectivity index (χ2v) is 7.54. The molecule has 1 saturated heterocycles. The summed E-state index contributed by atoms with van der Waals surface area (Å²) in [5, 5.41) is 2.51. The summed E-state index contributed by atoms with van der Waals surface area (Å²) in [6.07, 6.45) is 10.7. The zero-order valence-corrected chi connectivity index (χ0v) is 15.0. The zero-order valence-electron chi connectivity index (χ0n) is 14.2. The first kappa shape index (κ1) is 19.0. The molecule has 1 aromatic rings. The smallest absolute Gasteiger partial charge is 0.246 e. The molecule has 0 saturated carbocycles. The van der Waals surface area contributed by atoms with Crippen molar-refractivity contribution in [1.82, 2.24) is 9.62 Å². The molecule has 0 atom stereocenters. The molecule has 0 aliphatic carbocycles. The summed E-state index contributed by atoms with van der Waals surface area (Å²) in [4.78, 5) is 11.7. The van der Waals surface area contributed by atoms with Gasteiger partial charge >= 0.3 is 0 Å². The van der Waals surface area contributed by atoms with E-state index in [1.807, 2.05) is 0 Å². The molecule has 0 radical (unpaired) electrons. The quantitative estimate of drug-likeness (QED) is 0.616. The predicted molar refractivity (Wildman–Crippen MR) is 96.5 cm³/mol. The second kappa shape index (κ2) is 8.70. The minimum Gasteiger partial charge on any atom is -0.495 e. The van der Waals surface area contributed by atoms with Crippen molar-refractivity contribution in [2.24, 2.45) is 0 Å². The largest absolute Gasteiger partial charge is 0.495 e. The highest BCUT2D eigenvalue weighted by Gasteiger charge is 2.28. The van der Waals surface area contributed by atoms with Crippen LogP contribution in [0.4, 0.5) is 0 Å². The standard InChI is InChI=1S/C18H22N2O4S/c1-3-11-19-18(21)10-8-15-7-9-16(24-2)17(14-15)25(22,23)20-12-5-4-6-13-20/h1,7-10,14H,4-6,11-13H2,2H3,(H,19,21).